The van der Waals surface area contributed by atoms with E-state index in [4.69, 9.17) is 15.2 Å². The Labute approximate surface area is 109 Å². The molecule has 0 unspecified atom stereocenters. The van der Waals surface area contributed by atoms with Gasteiger partial charge in [0, 0.05) is 6.42 Å². The van der Waals surface area contributed by atoms with Crippen molar-refractivity contribution in [2.75, 3.05) is 19.8 Å². The summed E-state index contributed by atoms with van der Waals surface area (Å²) in [6, 6.07) is 2.51. The number of benzene rings is 1. The van der Waals surface area contributed by atoms with Crippen LogP contribution in [0.3, 0.4) is 0 Å². The summed E-state index contributed by atoms with van der Waals surface area (Å²) in [6.07, 6.45) is -2.59. The average molecular weight is 275 g/mol. The van der Waals surface area contributed by atoms with Gasteiger partial charge < -0.3 is 15.2 Å². The Morgan fingerprint density at radius 1 is 1.11 bits per heavy atom. The van der Waals surface area contributed by atoms with Gasteiger partial charge in [-0.05, 0) is 31.0 Å². The van der Waals surface area contributed by atoms with Crippen LogP contribution < -0.4 is 15.2 Å². The van der Waals surface area contributed by atoms with E-state index in [1.165, 1.54) is 6.07 Å². The van der Waals surface area contributed by atoms with E-state index in [-0.39, 0.29) is 18.1 Å². The molecule has 2 rings (SSSR count). The second-order valence-electron chi connectivity index (χ2n) is 4.37. The zero-order valence-corrected chi connectivity index (χ0v) is 10.4. The lowest BCUT2D eigenvalue weighted by Crippen LogP contribution is -2.10. The van der Waals surface area contributed by atoms with Crippen molar-refractivity contribution in [2.24, 2.45) is 5.73 Å². The normalized spacial score (nSPS) is 15.2. The molecule has 0 aliphatic carbocycles. The van der Waals surface area contributed by atoms with E-state index in [0.29, 0.717) is 32.4 Å². The quantitative estimate of drug-likeness (QED) is 0.922. The van der Waals surface area contributed by atoms with Crippen LogP contribution in [0, 0.1) is 0 Å². The van der Waals surface area contributed by atoms with Gasteiger partial charge in [-0.25, -0.2) is 0 Å². The summed E-state index contributed by atoms with van der Waals surface area (Å²) in [5, 5.41) is 0. The Morgan fingerprint density at radius 2 is 1.79 bits per heavy atom. The molecule has 0 aromatic heterocycles. The van der Waals surface area contributed by atoms with Crippen LogP contribution in [-0.2, 0) is 12.6 Å². The fourth-order valence-corrected chi connectivity index (χ4v) is 2.02. The maximum Gasteiger partial charge on any atom is 0.420 e. The van der Waals surface area contributed by atoms with E-state index in [1.807, 2.05) is 0 Å². The highest BCUT2D eigenvalue weighted by Gasteiger charge is 2.37. The summed E-state index contributed by atoms with van der Waals surface area (Å²) in [4.78, 5) is 0. The summed E-state index contributed by atoms with van der Waals surface area (Å²) < 4.78 is 49.5. The first kappa shape index (κ1) is 14.0. The Kier molecular flexibility index (Phi) is 4.19. The molecule has 0 saturated carbocycles. The van der Waals surface area contributed by atoms with Crippen LogP contribution in [0.2, 0.25) is 0 Å². The largest absolute Gasteiger partial charge is 0.489 e. The number of aryl methyl sites for hydroxylation is 1. The van der Waals surface area contributed by atoms with Gasteiger partial charge in [0.1, 0.15) is 5.56 Å². The Hall–Kier alpha value is -1.43. The van der Waals surface area contributed by atoms with Gasteiger partial charge in [-0.15, -0.1) is 0 Å². The van der Waals surface area contributed by atoms with E-state index in [0.717, 1.165) is 11.6 Å². The van der Waals surface area contributed by atoms with Crippen molar-refractivity contribution in [2.45, 2.75) is 25.4 Å². The highest BCUT2D eigenvalue weighted by Crippen LogP contribution is 2.44. The number of ether oxygens (including phenoxy) is 2. The molecule has 0 fully saturated rings. The van der Waals surface area contributed by atoms with Crippen molar-refractivity contribution >= 4 is 0 Å². The molecule has 0 spiro atoms. The van der Waals surface area contributed by atoms with Crippen molar-refractivity contribution in [1.29, 1.82) is 0 Å². The predicted molar refractivity (Wildman–Crippen MR) is 64.4 cm³/mol. The zero-order chi connectivity index (χ0) is 13.9. The van der Waals surface area contributed by atoms with Crippen LogP contribution in [0.15, 0.2) is 12.1 Å². The minimum absolute atomic E-state index is 0.181. The lowest BCUT2D eigenvalue weighted by atomic mass is 10.0. The van der Waals surface area contributed by atoms with Crippen LogP contribution in [0.4, 0.5) is 13.2 Å². The number of hydrogen-bond acceptors (Lipinski definition) is 3. The smallest absolute Gasteiger partial charge is 0.420 e. The van der Waals surface area contributed by atoms with Crippen molar-refractivity contribution in [3.63, 3.8) is 0 Å². The molecule has 2 N–H and O–H groups in total. The lowest BCUT2D eigenvalue weighted by Gasteiger charge is -2.17. The molecule has 1 heterocycles. The molecule has 6 heteroatoms. The van der Waals surface area contributed by atoms with Crippen LogP contribution in [0.25, 0.3) is 0 Å². The number of rotatable bonds is 3. The summed E-state index contributed by atoms with van der Waals surface area (Å²) in [7, 11) is 0. The molecule has 0 atom stereocenters. The van der Waals surface area contributed by atoms with Gasteiger partial charge >= 0.3 is 6.18 Å². The van der Waals surface area contributed by atoms with Crippen LogP contribution in [0.1, 0.15) is 24.0 Å². The van der Waals surface area contributed by atoms with Gasteiger partial charge in [0.2, 0.25) is 0 Å². The zero-order valence-electron chi connectivity index (χ0n) is 10.4. The summed E-state index contributed by atoms with van der Waals surface area (Å²) in [5.74, 6) is 0.0419. The number of hydrogen-bond donors (Lipinski definition) is 1. The van der Waals surface area contributed by atoms with Gasteiger partial charge in [0.05, 0.1) is 13.2 Å². The summed E-state index contributed by atoms with van der Waals surface area (Å²) in [5.41, 5.74) is 5.37. The maximum absolute atomic E-state index is 12.9. The van der Waals surface area contributed by atoms with Crippen molar-refractivity contribution in [1.82, 2.24) is 0 Å². The molecule has 106 valence electrons. The van der Waals surface area contributed by atoms with Gasteiger partial charge in [0.25, 0.3) is 0 Å². The van der Waals surface area contributed by atoms with Crippen molar-refractivity contribution in [3.8, 4) is 11.5 Å². The Morgan fingerprint density at radius 3 is 2.42 bits per heavy atom. The number of alkyl halides is 3. The topological polar surface area (TPSA) is 44.5 Å². The molecule has 1 aromatic rings. The molecule has 0 amide bonds. The highest BCUT2D eigenvalue weighted by molar-refractivity contribution is 5.53. The minimum atomic E-state index is -4.44. The molecule has 1 aliphatic heterocycles. The second-order valence-corrected chi connectivity index (χ2v) is 4.37. The average Bonchev–Trinajstić information content (AvgIpc) is 2.60. The van der Waals surface area contributed by atoms with E-state index in [1.54, 1.807) is 0 Å². The molecular formula is C13H16F3NO2. The van der Waals surface area contributed by atoms with E-state index in [9.17, 15) is 13.2 Å². The van der Waals surface area contributed by atoms with Crippen molar-refractivity contribution < 1.29 is 22.6 Å². The standard InChI is InChI=1S/C13H16F3NO2/c14-13(15,16)10-5-4-9(3-1-6-17)11-12(10)19-8-2-7-18-11/h4-5H,1-3,6-8,17H2. The number of nitrogens with two attached hydrogens (primary N) is 1. The first-order valence-corrected chi connectivity index (χ1v) is 6.23. The fraction of sp³-hybridized carbons (Fsp3) is 0.538. The van der Waals surface area contributed by atoms with Gasteiger partial charge in [0.15, 0.2) is 11.5 Å². The molecule has 1 aliphatic rings. The molecule has 0 saturated heterocycles. The third-order valence-corrected chi connectivity index (χ3v) is 2.93. The molecule has 19 heavy (non-hydrogen) atoms. The highest BCUT2D eigenvalue weighted by atomic mass is 19.4. The van der Waals surface area contributed by atoms with Crippen LogP contribution >= 0.6 is 0 Å². The summed E-state index contributed by atoms with van der Waals surface area (Å²) >= 11 is 0. The third kappa shape index (κ3) is 3.12. The lowest BCUT2D eigenvalue weighted by molar-refractivity contribution is -0.139. The molecule has 3 nitrogen and oxygen atoms in total. The first-order valence-electron chi connectivity index (χ1n) is 6.23. The molecular weight excluding hydrogens is 259 g/mol. The number of fused-ring (bicyclic) bond motifs is 1. The molecule has 1 aromatic carbocycles. The van der Waals surface area contributed by atoms with E-state index < -0.39 is 11.7 Å². The number of halogens is 3. The van der Waals surface area contributed by atoms with E-state index in [2.05, 4.69) is 0 Å². The van der Waals surface area contributed by atoms with Gasteiger partial charge in [-0.3, -0.25) is 0 Å². The van der Waals surface area contributed by atoms with Gasteiger partial charge in [-0.1, -0.05) is 6.07 Å². The monoisotopic (exact) mass is 275 g/mol. The first-order chi connectivity index (χ1) is 9.04. The molecule has 0 radical (unpaired) electrons. The van der Waals surface area contributed by atoms with Crippen molar-refractivity contribution in [3.05, 3.63) is 23.3 Å². The third-order valence-electron chi connectivity index (χ3n) is 2.93. The molecule has 0 bridgehead atoms. The van der Waals surface area contributed by atoms with Crippen LogP contribution in [-0.4, -0.2) is 19.8 Å². The second kappa shape index (κ2) is 5.69. The fourth-order valence-electron chi connectivity index (χ4n) is 2.02. The van der Waals surface area contributed by atoms with E-state index >= 15 is 0 Å². The minimum Gasteiger partial charge on any atom is -0.489 e. The Balaban J connectivity index is 2.45. The van der Waals surface area contributed by atoms with Gasteiger partial charge in [-0.2, -0.15) is 13.2 Å². The SMILES string of the molecule is NCCCc1ccc(C(F)(F)F)c2c1OCCCO2. The summed E-state index contributed by atoms with van der Waals surface area (Å²) in [6.45, 7) is 1.08. The van der Waals surface area contributed by atoms with Crippen LogP contribution in [0.5, 0.6) is 11.5 Å². The Bertz CT molecular complexity index is 446. The predicted octanol–water partition coefficient (Wildman–Crippen LogP) is 2.76. The maximum atomic E-state index is 12.9.